The normalized spacial score (nSPS) is 24.3. The van der Waals surface area contributed by atoms with Crippen LogP contribution in [0.15, 0.2) is 24.3 Å². The van der Waals surface area contributed by atoms with E-state index in [4.69, 9.17) is 11.1 Å². The molecule has 108 valence electrons. The Bertz CT molecular complexity index is 477. The highest BCUT2D eigenvalue weighted by atomic mass is 15.2. The average Bonchev–Trinajstić information content (AvgIpc) is 3.09. The number of nitrogens with one attached hydrogen (secondary N) is 1. The zero-order chi connectivity index (χ0) is 13.9. The third kappa shape index (κ3) is 2.73. The molecule has 1 saturated carbocycles. The first-order valence-electron chi connectivity index (χ1n) is 7.92. The van der Waals surface area contributed by atoms with Crippen molar-refractivity contribution in [3.05, 3.63) is 35.4 Å². The molecule has 2 aliphatic rings. The molecule has 0 aromatic heterocycles. The molecule has 1 unspecified atom stereocenters. The molecule has 1 aliphatic carbocycles. The van der Waals surface area contributed by atoms with Crippen molar-refractivity contribution < 1.29 is 0 Å². The fraction of sp³-hybridized carbons (Fsp3) is 0.588. The van der Waals surface area contributed by atoms with Crippen molar-refractivity contribution in [1.29, 1.82) is 5.41 Å². The van der Waals surface area contributed by atoms with Crippen LogP contribution in [0.2, 0.25) is 0 Å². The Morgan fingerprint density at radius 1 is 1.15 bits per heavy atom. The highest BCUT2D eigenvalue weighted by Gasteiger charge is 2.33. The van der Waals surface area contributed by atoms with Gasteiger partial charge in [-0.15, -0.1) is 0 Å². The standard InChI is InChI=1S/C17H25N3/c18-17(19)15-9-4-3-8-14(15)12-20-11-5-10-16(20)13-6-1-2-7-13/h3-4,8-9,13,16H,1-2,5-7,10-12H2,(H3,18,19). The van der Waals surface area contributed by atoms with Gasteiger partial charge < -0.3 is 5.73 Å². The second-order valence-electron chi connectivity index (χ2n) is 6.30. The van der Waals surface area contributed by atoms with Crippen LogP contribution in [-0.4, -0.2) is 23.3 Å². The van der Waals surface area contributed by atoms with Gasteiger partial charge in [-0.25, -0.2) is 0 Å². The molecule has 3 heteroatoms. The Balaban J connectivity index is 1.75. The molecule has 2 fully saturated rings. The smallest absolute Gasteiger partial charge is 0.123 e. The quantitative estimate of drug-likeness (QED) is 0.653. The van der Waals surface area contributed by atoms with Crippen molar-refractivity contribution in [2.24, 2.45) is 11.7 Å². The zero-order valence-corrected chi connectivity index (χ0v) is 12.1. The average molecular weight is 271 g/mol. The molecule has 1 atom stereocenters. The van der Waals surface area contributed by atoms with Gasteiger partial charge in [0.2, 0.25) is 0 Å². The molecule has 0 amide bonds. The van der Waals surface area contributed by atoms with Gasteiger partial charge in [-0.3, -0.25) is 10.3 Å². The second-order valence-corrected chi connectivity index (χ2v) is 6.30. The molecule has 1 aromatic carbocycles. The summed E-state index contributed by atoms with van der Waals surface area (Å²) >= 11 is 0. The van der Waals surface area contributed by atoms with Gasteiger partial charge >= 0.3 is 0 Å². The summed E-state index contributed by atoms with van der Waals surface area (Å²) in [6.07, 6.45) is 8.33. The number of nitrogens with zero attached hydrogens (tertiary/aromatic N) is 1. The molecular weight excluding hydrogens is 246 g/mol. The van der Waals surface area contributed by atoms with Crippen LogP contribution >= 0.6 is 0 Å². The maximum Gasteiger partial charge on any atom is 0.123 e. The first kappa shape index (κ1) is 13.6. The van der Waals surface area contributed by atoms with Crippen molar-refractivity contribution in [2.45, 2.75) is 51.1 Å². The molecule has 3 N–H and O–H groups in total. The lowest BCUT2D eigenvalue weighted by Gasteiger charge is -2.30. The number of hydrogen-bond donors (Lipinski definition) is 2. The van der Waals surface area contributed by atoms with E-state index in [9.17, 15) is 0 Å². The molecule has 1 heterocycles. The van der Waals surface area contributed by atoms with E-state index in [-0.39, 0.29) is 5.84 Å². The van der Waals surface area contributed by atoms with Crippen molar-refractivity contribution in [2.75, 3.05) is 6.54 Å². The molecule has 0 bridgehead atoms. The molecule has 0 radical (unpaired) electrons. The van der Waals surface area contributed by atoms with Crippen LogP contribution in [0.1, 0.15) is 49.7 Å². The van der Waals surface area contributed by atoms with E-state index < -0.39 is 0 Å². The number of amidine groups is 1. The Labute approximate surface area is 121 Å². The number of nitrogen functional groups attached to an aromatic ring is 1. The summed E-state index contributed by atoms with van der Waals surface area (Å²) in [4.78, 5) is 2.64. The summed E-state index contributed by atoms with van der Waals surface area (Å²) in [7, 11) is 0. The summed E-state index contributed by atoms with van der Waals surface area (Å²) in [6, 6.07) is 8.89. The highest BCUT2D eigenvalue weighted by molar-refractivity contribution is 5.96. The first-order chi connectivity index (χ1) is 9.75. The zero-order valence-electron chi connectivity index (χ0n) is 12.1. The van der Waals surface area contributed by atoms with Crippen molar-refractivity contribution in [3.63, 3.8) is 0 Å². The molecule has 20 heavy (non-hydrogen) atoms. The van der Waals surface area contributed by atoms with E-state index in [0.717, 1.165) is 24.1 Å². The molecule has 0 spiro atoms. The van der Waals surface area contributed by atoms with Crippen molar-refractivity contribution >= 4 is 5.84 Å². The minimum atomic E-state index is 0.192. The van der Waals surface area contributed by atoms with E-state index in [1.807, 2.05) is 12.1 Å². The number of likely N-dealkylation sites (tertiary alicyclic amines) is 1. The van der Waals surface area contributed by atoms with E-state index in [1.165, 1.54) is 50.6 Å². The van der Waals surface area contributed by atoms with Crippen LogP contribution < -0.4 is 5.73 Å². The van der Waals surface area contributed by atoms with E-state index >= 15 is 0 Å². The second kappa shape index (κ2) is 5.96. The summed E-state index contributed by atoms with van der Waals surface area (Å²) in [5.74, 6) is 1.10. The summed E-state index contributed by atoms with van der Waals surface area (Å²) in [6.45, 7) is 2.16. The Morgan fingerprint density at radius 3 is 2.65 bits per heavy atom. The van der Waals surface area contributed by atoms with Gasteiger partial charge in [0.15, 0.2) is 0 Å². The van der Waals surface area contributed by atoms with Crippen molar-refractivity contribution in [3.8, 4) is 0 Å². The Hall–Kier alpha value is -1.35. The SMILES string of the molecule is N=C(N)c1ccccc1CN1CCCC1C1CCCC1. The minimum absolute atomic E-state index is 0.192. The van der Waals surface area contributed by atoms with Crippen LogP contribution in [0.25, 0.3) is 0 Å². The van der Waals surface area contributed by atoms with Crippen LogP contribution in [-0.2, 0) is 6.54 Å². The number of nitrogens with two attached hydrogens (primary N) is 1. The lowest BCUT2D eigenvalue weighted by Crippen LogP contribution is -2.34. The van der Waals surface area contributed by atoms with Crippen LogP contribution in [0.4, 0.5) is 0 Å². The maximum absolute atomic E-state index is 7.73. The van der Waals surface area contributed by atoms with Gasteiger partial charge in [-0.2, -0.15) is 0 Å². The van der Waals surface area contributed by atoms with E-state index in [1.54, 1.807) is 0 Å². The number of rotatable bonds is 4. The van der Waals surface area contributed by atoms with Gasteiger partial charge in [-0.05, 0) is 43.7 Å². The molecule has 1 saturated heterocycles. The third-order valence-corrected chi connectivity index (χ3v) is 5.04. The van der Waals surface area contributed by atoms with Crippen LogP contribution in [0.5, 0.6) is 0 Å². The Kier molecular flexibility index (Phi) is 4.06. The van der Waals surface area contributed by atoms with Crippen LogP contribution in [0, 0.1) is 11.3 Å². The molecule has 1 aromatic rings. The molecule has 1 aliphatic heterocycles. The highest BCUT2D eigenvalue weighted by Crippen LogP contribution is 2.36. The number of hydrogen-bond acceptors (Lipinski definition) is 2. The largest absolute Gasteiger partial charge is 0.384 e. The minimum Gasteiger partial charge on any atom is -0.384 e. The lowest BCUT2D eigenvalue weighted by molar-refractivity contribution is 0.183. The van der Waals surface area contributed by atoms with Gasteiger partial charge in [0.1, 0.15) is 5.84 Å². The van der Waals surface area contributed by atoms with Gasteiger partial charge in [0, 0.05) is 18.2 Å². The van der Waals surface area contributed by atoms with Crippen LogP contribution in [0.3, 0.4) is 0 Å². The monoisotopic (exact) mass is 271 g/mol. The Morgan fingerprint density at radius 2 is 1.90 bits per heavy atom. The molecule has 3 nitrogen and oxygen atoms in total. The predicted molar refractivity (Wildman–Crippen MR) is 82.8 cm³/mol. The predicted octanol–water partition coefficient (Wildman–Crippen LogP) is 3.13. The van der Waals surface area contributed by atoms with Gasteiger partial charge in [-0.1, -0.05) is 37.1 Å². The molecule has 3 rings (SSSR count). The number of benzene rings is 1. The third-order valence-electron chi connectivity index (χ3n) is 5.04. The maximum atomic E-state index is 7.73. The summed E-state index contributed by atoms with van der Waals surface area (Å²) in [5.41, 5.74) is 7.83. The van der Waals surface area contributed by atoms with Crippen molar-refractivity contribution in [1.82, 2.24) is 4.90 Å². The van der Waals surface area contributed by atoms with E-state index in [0.29, 0.717) is 0 Å². The fourth-order valence-electron chi connectivity index (χ4n) is 4.06. The summed E-state index contributed by atoms with van der Waals surface area (Å²) < 4.78 is 0. The summed E-state index contributed by atoms with van der Waals surface area (Å²) in [5, 5.41) is 7.73. The topological polar surface area (TPSA) is 53.1 Å². The lowest BCUT2D eigenvalue weighted by atomic mass is 9.95. The first-order valence-corrected chi connectivity index (χ1v) is 7.92. The molecular formula is C17H25N3. The van der Waals surface area contributed by atoms with Gasteiger partial charge in [0.25, 0.3) is 0 Å². The fourth-order valence-corrected chi connectivity index (χ4v) is 4.06. The van der Waals surface area contributed by atoms with Gasteiger partial charge in [0.05, 0.1) is 0 Å². The van der Waals surface area contributed by atoms with E-state index in [2.05, 4.69) is 17.0 Å².